The molecule has 1 fully saturated rings. The summed E-state index contributed by atoms with van der Waals surface area (Å²) in [6, 6.07) is -0.533. The monoisotopic (exact) mass is 166 g/mol. The van der Waals surface area contributed by atoms with Crippen molar-refractivity contribution in [2.75, 3.05) is 6.61 Å². The van der Waals surface area contributed by atoms with Gasteiger partial charge < -0.3 is 16.2 Å². The van der Waals surface area contributed by atoms with Crippen molar-refractivity contribution in [3.63, 3.8) is 0 Å². The number of amides is 1. The fourth-order valence-electron chi connectivity index (χ4n) is 0.901. The first-order valence-electron chi connectivity index (χ1n) is 2.91. The van der Waals surface area contributed by atoms with E-state index in [1.165, 1.54) is 0 Å². The Hall–Kier alpha value is -0.320. The highest BCUT2D eigenvalue weighted by Gasteiger charge is 2.27. The van der Waals surface area contributed by atoms with E-state index in [1.54, 1.807) is 0 Å². The molecule has 1 rings (SSSR count). The second-order valence-corrected chi connectivity index (χ2v) is 2.23. The van der Waals surface area contributed by atoms with Crippen molar-refractivity contribution < 1.29 is 9.90 Å². The van der Waals surface area contributed by atoms with Crippen molar-refractivity contribution in [1.82, 2.24) is 5.32 Å². The molecule has 0 aromatic heterocycles. The van der Waals surface area contributed by atoms with E-state index in [0.717, 1.165) is 0 Å². The molecule has 0 aliphatic carbocycles. The number of hydrogen-bond acceptors (Lipinski definition) is 3. The van der Waals surface area contributed by atoms with Gasteiger partial charge in [-0.05, 0) is 6.42 Å². The molecule has 0 spiro atoms. The Morgan fingerprint density at radius 3 is 2.60 bits per heavy atom. The number of aliphatic hydroxyl groups excluding tert-OH is 1. The Bertz CT molecular complexity index is 131. The van der Waals surface area contributed by atoms with Crippen molar-refractivity contribution in [2.45, 2.75) is 18.5 Å². The van der Waals surface area contributed by atoms with Crippen molar-refractivity contribution in [2.24, 2.45) is 5.73 Å². The van der Waals surface area contributed by atoms with Crippen LogP contribution in [0, 0.1) is 0 Å². The molecule has 4 nitrogen and oxygen atoms in total. The van der Waals surface area contributed by atoms with Gasteiger partial charge in [-0.2, -0.15) is 0 Å². The van der Waals surface area contributed by atoms with Crippen LogP contribution in [0.25, 0.3) is 0 Å². The fraction of sp³-hybridized carbons (Fsp3) is 0.800. The summed E-state index contributed by atoms with van der Waals surface area (Å²) in [6.07, 6.45) is 0.551. The van der Waals surface area contributed by atoms with Gasteiger partial charge in [0.05, 0.1) is 18.7 Å². The maximum Gasteiger partial charge on any atom is 0.237 e. The van der Waals surface area contributed by atoms with E-state index in [4.69, 9.17) is 10.8 Å². The van der Waals surface area contributed by atoms with Crippen LogP contribution < -0.4 is 11.1 Å². The summed E-state index contributed by atoms with van der Waals surface area (Å²) in [6.45, 7) is -0.0144. The molecule has 0 aromatic rings. The topological polar surface area (TPSA) is 75.3 Å². The zero-order valence-electron chi connectivity index (χ0n) is 5.41. The number of halogens is 1. The SMILES string of the molecule is Cl.N[C@H]1C[C@@H](CO)NC1=O. The van der Waals surface area contributed by atoms with E-state index in [2.05, 4.69) is 5.32 Å². The minimum atomic E-state index is -0.415. The summed E-state index contributed by atoms with van der Waals surface area (Å²) < 4.78 is 0. The first-order chi connectivity index (χ1) is 4.24. The second-order valence-electron chi connectivity index (χ2n) is 2.23. The van der Waals surface area contributed by atoms with Gasteiger partial charge in [-0.15, -0.1) is 12.4 Å². The van der Waals surface area contributed by atoms with Gasteiger partial charge in [0.15, 0.2) is 0 Å². The minimum Gasteiger partial charge on any atom is -0.394 e. The number of nitrogens with two attached hydrogens (primary N) is 1. The third-order valence-electron chi connectivity index (χ3n) is 1.44. The highest BCUT2D eigenvalue weighted by molar-refractivity contribution is 5.85. The molecule has 0 saturated carbocycles. The molecule has 2 atom stereocenters. The van der Waals surface area contributed by atoms with Crippen LogP contribution in [0.2, 0.25) is 0 Å². The molecule has 0 bridgehead atoms. The molecule has 0 aromatic carbocycles. The molecule has 4 N–H and O–H groups in total. The zero-order valence-corrected chi connectivity index (χ0v) is 6.23. The maximum atomic E-state index is 10.6. The molecule has 1 aliphatic rings. The van der Waals surface area contributed by atoms with E-state index in [0.29, 0.717) is 6.42 Å². The largest absolute Gasteiger partial charge is 0.394 e. The van der Waals surface area contributed by atoms with Gasteiger partial charge >= 0.3 is 0 Å². The number of rotatable bonds is 1. The van der Waals surface area contributed by atoms with Gasteiger partial charge in [0.2, 0.25) is 5.91 Å². The van der Waals surface area contributed by atoms with Crippen LogP contribution >= 0.6 is 12.4 Å². The predicted octanol–water partition coefficient (Wildman–Crippen LogP) is -1.38. The normalized spacial score (nSPS) is 31.2. The number of nitrogens with one attached hydrogen (secondary N) is 1. The van der Waals surface area contributed by atoms with Gasteiger partial charge in [0, 0.05) is 0 Å². The molecule has 5 heteroatoms. The lowest BCUT2D eigenvalue weighted by atomic mass is 10.2. The number of aliphatic hydroxyl groups is 1. The lowest BCUT2D eigenvalue weighted by molar-refractivity contribution is -0.120. The maximum absolute atomic E-state index is 10.6. The summed E-state index contributed by atoms with van der Waals surface area (Å²) in [5.41, 5.74) is 5.32. The van der Waals surface area contributed by atoms with Crippen LogP contribution in [-0.4, -0.2) is 29.7 Å². The van der Waals surface area contributed by atoms with Crippen LogP contribution in [-0.2, 0) is 4.79 Å². The summed E-state index contributed by atoms with van der Waals surface area (Å²) in [5, 5.41) is 11.1. The Balaban J connectivity index is 0.000000810. The number of carbonyl (C=O) groups is 1. The molecular formula is C5H11ClN2O2. The molecule has 60 valence electrons. The van der Waals surface area contributed by atoms with Crippen LogP contribution in [0.5, 0.6) is 0 Å². The highest BCUT2D eigenvalue weighted by atomic mass is 35.5. The second kappa shape index (κ2) is 3.75. The fourth-order valence-corrected chi connectivity index (χ4v) is 0.901. The van der Waals surface area contributed by atoms with E-state index in [1.807, 2.05) is 0 Å². The van der Waals surface area contributed by atoms with Crippen molar-refractivity contribution in [1.29, 1.82) is 0 Å². The Labute approximate surface area is 65.2 Å². The number of carbonyl (C=O) groups excluding carboxylic acids is 1. The Morgan fingerprint density at radius 2 is 2.40 bits per heavy atom. The van der Waals surface area contributed by atoms with E-state index in [-0.39, 0.29) is 31.0 Å². The summed E-state index contributed by atoms with van der Waals surface area (Å²) in [7, 11) is 0. The third kappa shape index (κ3) is 1.83. The molecule has 10 heavy (non-hydrogen) atoms. The zero-order chi connectivity index (χ0) is 6.85. The summed E-state index contributed by atoms with van der Waals surface area (Å²) in [4.78, 5) is 10.6. The van der Waals surface area contributed by atoms with E-state index >= 15 is 0 Å². The van der Waals surface area contributed by atoms with Crippen molar-refractivity contribution in [3.8, 4) is 0 Å². The summed E-state index contributed by atoms with van der Waals surface area (Å²) >= 11 is 0. The minimum absolute atomic E-state index is 0. The lowest BCUT2D eigenvalue weighted by Crippen LogP contribution is -2.32. The van der Waals surface area contributed by atoms with Gasteiger partial charge in [0.1, 0.15) is 0 Å². The summed E-state index contributed by atoms with van der Waals surface area (Å²) in [5.74, 6) is -0.158. The van der Waals surface area contributed by atoms with E-state index in [9.17, 15) is 4.79 Å². The van der Waals surface area contributed by atoms with Gasteiger partial charge in [-0.25, -0.2) is 0 Å². The van der Waals surface area contributed by atoms with Crippen molar-refractivity contribution in [3.05, 3.63) is 0 Å². The standard InChI is InChI=1S/C5H10N2O2.ClH/c6-4-1-3(2-8)7-5(4)9;/h3-4,8H,1-2,6H2,(H,7,9);1H/t3-,4-;/m0./s1. The third-order valence-corrected chi connectivity index (χ3v) is 1.44. The Morgan fingerprint density at radius 1 is 1.80 bits per heavy atom. The van der Waals surface area contributed by atoms with Crippen LogP contribution in [0.15, 0.2) is 0 Å². The van der Waals surface area contributed by atoms with Crippen LogP contribution in [0.1, 0.15) is 6.42 Å². The van der Waals surface area contributed by atoms with Gasteiger partial charge in [-0.3, -0.25) is 4.79 Å². The lowest BCUT2D eigenvalue weighted by Gasteiger charge is -2.01. The van der Waals surface area contributed by atoms with Gasteiger partial charge in [0.25, 0.3) is 0 Å². The molecular weight excluding hydrogens is 156 g/mol. The quantitative estimate of drug-likeness (QED) is 0.449. The smallest absolute Gasteiger partial charge is 0.237 e. The average Bonchev–Trinajstić information content (AvgIpc) is 2.13. The molecule has 1 aliphatic heterocycles. The first-order valence-corrected chi connectivity index (χ1v) is 2.91. The molecule has 1 saturated heterocycles. The molecule has 0 radical (unpaired) electrons. The highest BCUT2D eigenvalue weighted by Crippen LogP contribution is 2.03. The van der Waals surface area contributed by atoms with Crippen LogP contribution in [0.3, 0.4) is 0 Å². The molecule has 1 heterocycles. The molecule has 1 amide bonds. The number of hydrogen-bond donors (Lipinski definition) is 3. The molecule has 0 unspecified atom stereocenters. The average molecular weight is 167 g/mol. The predicted molar refractivity (Wildman–Crippen MR) is 38.9 cm³/mol. The van der Waals surface area contributed by atoms with Crippen molar-refractivity contribution >= 4 is 18.3 Å². The van der Waals surface area contributed by atoms with Gasteiger partial charge in [-0.1, -0.05) is 0 Å². The first kappa shape index (κ1) is 9.68. The van der Waals surface area contributed by atoms with Crippen LogP contribution in [0.4, 0.5) is 0 Å². The Kier molecular flexibility index (Phi) is 3.63. The van der Waals surface area contributed by atoms with E-state index < -0.39 is 6.04 Å².